The van der Waals surface area contributed by atoms with Gasteiger partial charge in [0.1, 0.15) is 12.3 Å². The van der Waals surface area contributed by atoms with Crippen LogP contribution in [-0.2, 0) is 14.0 Å². The maximum Gasteiger partial charge on any atom is 0.326 e. The molecule has 0 aromatic heterocycles. The van der Waals surface area contributed by atoms with Crippen molar-refractivity contribution in [3.63, 3.8) is 0 Å². The standard InChI is InChI=1S/C16H30N2O5Si/c1-10-8-18(15(21)17-14(10)20)13-7-11(19)12(23-13)9-22-24(5,6)16(2,3)4/h10-13,19H,7-9H2,1-6H3,(H,17,20,21)/t10?,11-,12+,13+/m0/s1. The highest BCUT2D eigenvalue weighted by atomic mass is 28.4. The highest BCUT2D eigenvalue weighted by molar-refractivity contribution is 6.74. The average molecular weight is 359 g/mol. The lowest BCUT2D eigenvalue weighted by Gasteiger charge is -2.37. The smallest absolute Gasteiger partial charge is 0.326 e. The van der Waals surface area contributed by atoms with E-state index < -0.39 is 32.8 Å². The number of carbonyl (C=O) groups excluding carboxylic acids is 2. The fraction of sp³-hybridized carbons (Fsp3) is 0.875. The monoisotopic (exact) mass is 358 g/mol. The van der Waals surface area contributed by atoms with Gasteiger partial charge in [-0.05, 0) is 18.1 Å². The van der Waals surface area contributed by atoms with Crippen LogP contribution in [0.2, 0.25) is 18.1 Å². The minimum absolute atomic E-state index is 0.0819. The van der Waals surface area contributed by atoms with E-state index in [2.05, 4.69) is 39.2 Å². The molecule has 4 atom stereocenters. The molecule has 2 fully saturated rings. The van der Waals surface area contributed by atoms with Crippen LogP contribution in [0.4, 0.5) is 4.79 Å². The first-order chi connectivity index (χ1) is 10.9. The molecule has 0 spiro atoms. The number of nitrogens with zero attached hydrogens (tertiary/aromatic N) is 1. The number of rotatable bonds is 4. The first-order valence-corrected chi connectivity index (χ1v) is 11.4. The highest BCUT2D eigenvalue weighted by Crippen LogP contribution is 2.37. The van der Waals surface area contributed by atoms with Crippen molar-refractivity contribution in [2.45, 2.75) is 70.7 Å². The van der Waals surface area contributed by atoms with Gasteiger partial charge in [-0.25, -0.2) is 4.79 Å². The Balaban J connectivity index is 1.95. The van der Waals surface area contributed by atoms with Gasteiger partial charge in [-0.2, -0.15) is 0 Å². The van der Waals surface area contributed by atoms with E-state index >= 15 is 0 Å². The maximum atomic E-state index is 12.0. The Bertz CT molecular complexity index is 505. The van der Waals surface area contributed by atoms with Crippen molar-refractivity contribution in [1.29, 1.82) is 0 Å². The van der Waals surface area contributed by atoms with Crippen LogP contribution >= 0.6 is 0 Å². The third-order valence-electron chi connectivity index (χ3n) is 5.38. The van der Waals surface area contributed by atoms with Gasteiger partial charge in [0.2, 0.25) is 5.91 Å². The van der Waals surface area contributed by atoms with E-state index in [0.29, 0.717) is 19.6 Å². The van der Waals surface area contributed by atoms with Gasteiger partial charge in [0, 0.05) is 13.0 Å². The molecular formula is C16H30N2O5Si. The summed E-state index contributed by atoms with van der Waals surface area (Å²) >= 11 is 0. The summed E-state index contributed by atoms with van der Waals surface area (Å²) in [5.74, 6) is -0.557. The molecule has 7 nitrogen and oxygen atoms in total. The number of ether oxygens (including phenoxy) is 1. The molecule has 2 N–H and O–H groups in total. The minimum atomic E-state index is -1.93. The third-order valence-corrected chi connectivity index (χ3v) is 9.88. The van der Waals surface area contributed by atoms with Crippen molar-refractivity contribution < 1.29 is 23.9 Å². The second-order valence-corrected chi connectivity index (χ2v) is 13.2. The van der Waals surface area contributed by atoms with Crippen LogP contribution < -0.4 is 5.32 Å². The number of aliphatic hydroxyl groups excluding tert-OH is 1. The minimum Gasteiger partial charge on any atom is -0.414 e. The summed E-state index contributed by atoms with van der Waals surface area (Å²) in [7, 11) is -1.93. The topological polar surface area (TPSA) is 88.1 Å². The summed E-state index contributed by atoms with van der Waals surface area (Å²) in [6.45, 7) is 13.2. The molecule has 138 valence electrons. The summed E-state index contributed by atoms with van der Waals surface area (Å²) in [5, 5.41) is 12.7. The Kier molecular flexibility index (Phi) is 5.44. The lowest BCUT2D eigenvalue weighted by molar-refractivity contribution is -0.128. The Hall–Kier alpha value is -0.963. The highest BCUT2D eigenvalue weighted by Gasteiger charge is 2.44. The summed E-state index contributed by atoms with van der Waals surface area (Å²) in [4.78, 5) is 25.0. The van der Waals surface area contributed by atoms with Crippen LogP contribution in [0.5, 0.6) is 0 Å². The van der Waals surface area contributed by atoms with Crippen LogP contribution in [0.1, 0.15) is 34.1 Å². The maximum absolute atomic E-state index is 12.0. The van der Waals surface area contributed by atoms with Crippen molar-refractivity contribution in [3.8, 4) is 0 Å². The number of imide groups is 1. The molecule has 0 aliphatic carbocycles. The normalized spacial score (nSPS) is 32.2. The van der Waals surface area contributed by atoms with Gasteiger partial charge in [0.05, 0.1) is 18.6 Å². The van der Waals surface area contributed by atoms with Gasteiger partial charge in [0.25, 0.3) is 0 Å². The quantitative estimate of drug-likeness (QED) is 0.747. The molecule has 2 aliphatic heterocycles. The zero-order valence-corrected chi connectivity index (χ0v) is 16.5. The van der Waals surface area contributed by atoms with Crippen LogP contribution in [0.15, 0.2) is 0 Å². The van der Waals surface area contributed by atoms with Crippen molar-refractivity contribution in [2.75, 3.05) is 13.2 Å². The van der Waals surface area contributed by atoms with E-state index in [9.17, 15) is 14.7 Å². The second-order valence-electron chi connectivity index (χ2n) is 8.35. The molecule has 2 heterocycles. The SMILES string of the molecule is CC1CN([C@H]2C[C@H](O)[C@@H](CO[Si](C)(C)C(C)(C)C)O2)C(=O)NC1=O. The van der Waals surface area contributed by atoms with E-state index in [1.807, 2.05) is 0 Å². The molecule has 3 amide bonds. The van der Waals surface area contributed by atoms with Crippen LogP contribution in [0, 0.1) is 5.92 Å². The molecule has 2 aliphatic rings. The number of nitrogens with one attached hydrogen (secondary N) is 1. The fourth-order valence-corrected chi connectivity index (χ4v) is 3.59. The molecule has 0 aromatic carbocycles. The molecule has 0 aromatic rings. The van der Waals surface area contributed by atoms with E-state index in [1.165, 1.54) is 4.90 Å². The average Bonchev–Trinajstić information content (AvgIpc) is 2.80. The summed E-state index contributed by atoms with van der Waals surface area (Å²) in [5.41, 5.74) is 0. The predicted octanol–water partition coefficient (Wildman–Crippen LogP) is 1.67. The predicted molar refractivity (Wildman–Crippen MR) is 91.8 cm³/mol. The second kappa shape index (κ2) is 6.74. The molecular weight excluding hydrogens is 328 g/mol. The molecule has 0 saturated carbocycles. The summed E-state index contributed by atoms with van der Waals surface area (Å²) in [6, 6.07) is -0.457. The van der Waals surface area contributed by atoms with Crippen LogP contribution in [0.25, 0.3) is 0 Å². The zero-order chi connectivity index (χ0) is 18.3. The Morgan fingerprint density at radius 2 is 2.00 bits per heavy atom. The van der Waals surface area contributed by atoms with Gasteiger partial charge >= 0.3 is 6.03 Å². The van der Waals surface area contributed by atoms with E-state index in [1.54, 1.807) is 6.92 Å². The number of hydrogen-bond donors (Lipinski definition) is 2. The Morgan fingerprint density at radius 3 is 2.58 bits per heavy atom. The first kappa shape index (κ1) is 19.4. The number of urea groups is 1. The number of amides is 3. The van der Waals surface area contributed by atoms with E-state index in [4.69, 9.17) is 9.16 Å². The largest absolute Gasteiger partial charge is 0.414 e. The van der Waals surface area contributed by atoms with Crippen molar-refractivity contribution in [2.24, 2.45) is 5.92 Å². The number of carbonyl (C=O) groups is 2. The molecule has 2 saturated heterocycles. The van der Waals surface area contributed by atoms with Crippen molar-refractivity contribution >= 4 is 20.3 Å². The summed E-state index contributed by atoms with van der Waals surface area (Å²) < 4.78 is 12.0. The summed E-state index contributed by atoms with van der Waals surface area (Å²) in [6.07, 6.45) is -1.33. The Labute approximate surface area is 144 Å². The zero-order valence-electron chi connectivity index (χ0n) is 15.5. The van der Waals surface area contributed by atoms with Gasteiger partial charge in [0.15, 0.2) is 8.32 Å². The van der Waals surface area contributed by atoms with Crippen molar-refractivity contribution in [1.82, 2.24) is 10.2 Å². The molecule has 0 bridgehead atoms. The van der Waals surface area contributed by atoms with Gasteiger partial charge in [-0.3, -0.25) is 15.0 Å². The van der Waals surface area contributed by atoms with Gasteiger partial charge in [-0.15, -0.1) is 0 Å². The molecule has 0 radical (unpaired) electrons. The van der Waals surface area contributed by atoms with E-state index in [-0.39, 0.29) is 16.9 Å². The fourth-order valence-electron chi connectivity index (χ4n) is 2.57. The van der Waals surface area contributed by atoms with Crippen LogP contribution in [-0.4, -0.2) is 61.8 Å². The van der Waals surface area contributed by atoms with Gasteiger partial charge < -0.3 is 14.3 Å². The third kappa shape index (κ3) is 3.99. The van der Waals surface area contributed by atoms with E-state index in [0.717, 1.165) is 0 Å². The van der Waals surface area contributed by atoms with Crippen LogP contribution in [0.3, 0.4) is 0 Å². The molecule has 2 rings (SSSR count). The Morgan fingerprint density at radius 1 is 1.38 bits per heavy atom. The van der Waals surface area contributed by atoms with Gasteiger partial charge in [-0.1, -0.05) is 27.7 Å². The van der Waals surface area contributed by atoms with Crippen molar-refractivity contribution in [3.05, 3.63) is 0 Å². The number of hydrogen-bond acceptors (Lipinski definition) is 5. The lowest BCUT2D eigenvalue weighted by Crippen LogP contribution is -2.57. The molecule has 8 heteroatoms. The number of aliphatic hydroxyl groups is 1. The molecule has 24 heavy (non-hydrogen) atoms. The molecule has 1 unspecified atom stereocenters. The lowest BCUT2D eigenvalue weighted by atomic mass is 10.1. The first-order valence-electron chi connectivity index (χ1n) is 8.51.